The van der Waals surface area contributed by atoms with E-state index in [1.165, 1.54) is 24.5 Å². The second kappa shape index (κ2) is 8.97. The Labute approximate surface area is 153 Å². The van der Waals surface area contributed by atoms with Gasteiger partial charge in [-0.05, 0) is 48.0 Å². The lowest BCUT2D eigenvalue weighted by atomic mass is 10.2. The van der Waals surface area contributed by atoms with Crippen molar-refractivity contribution in [3.63, 3.8) is 0 Å². The third-order valence-electron chi connectivity index (χ3n) is 3.02. The zero-order chi connectivity index (χ0) is 18.2. The molecule has 1 aromatic heterocycles. The third-order valence-corrected chi connectivity index (χ3v) is 3.71. The minimum atomic E-state index is -0.523. The van der Waals surface area contributed by atoms with Crippen molar-refractivity contribution < 1.29 is 14.4 Å². The van der Waals surface area contributed by atoms with E-state index in [-0.39, 0.29) is 11.5 Å². The molecule has 0 saturated heterocycles. The van der Waals surface area contributed by atoms with Crippen molar-refractivity contribution in [1.29, 1.82) is 0 Å². The van der Waals surface area contributed by atoms with Gasteiger partial charge in [-0.2, -0.15) is 5.10 Å². The summed E-state index contributed by atoms with van der Waals surface area (Å²) in [4.78, 5) is 14.4. The van der Waals surface area contributed by atoms with Crippen molar-refractivity contribution in [3.05, 3.63) is 50.6 Å². The van der Waals surface area contributed by atoms with Gasteiger partial charge in [0.25, 0.3) is 0 Å². The van der Waals surface area contributed by atoms with Crippen molar-refractivity contribution in [1.82, 2.24) is 4.98 Å². The van der Waals surface area contributed by atoms with Gasteiger partial charge in [0, 0.05) is 22.3 Å². The summed E-state index contributed by atoms with van der Waals surface area (Å²) in [5, 5.41) is 15.0. The maximum absolute atomic E-state index is 11.0. The summed E-state index contributed by atoms with van der Waals surface area (Å²) in [5.74, 6) is 1.29. The zero-order valence-electron chi connectivity index (χ0n) is 13.7. The summed E-state index contributed by atoms with van der Waals surface area (Å²) >= 11 is 3.45. The summed E-state index contributed by atoms with van der Waals surface area (Å²) in [7, 11) is 0. The Kier molecular flexibility index (Phi) is 6.70. The van der Waals surface area contributed by atoms with Crippen LogP contribution in [0.15, 0.2) is 40.0 Å². The molecule has 1 N–H and O–H groups in total. The van der Waals surface area contributed by atoms with Crippen LogP contribution >= 0.6 is 15.9 Å². The minimum Gasteiger partial charge on any atom is -0.490 e. The number of anilines is 1. The molecule has 0 amide bonds. The summed E-state index contributed by atoms with van der Waals surface area (Å²) in [6.45, 7) is 4.79. The van der Waals surface area contributed by atoms with Crippen molar-refractivity contribution in [2.45, 2.75) is 13.8 Å². The van der Waals surface area contributed by atoms with Crippen molar-refractivity contribution >= 4 is 33.6 Å². The van der Waals surface area contributed by atoms with E-state index in [0.29, 0.717) is 24.7 Å². The van der Waals surface area contributed by atoms with Crippen LogP contribution in [0, 0.1) is 10.1 Å². The van der Waals surface area contributed by atoms with Gasteiger partial charge in [-0.25, -0.2) is 4.98 Å². The van der Waals surface area contributed by atoms with Crippen molar-refractivity contribution in [3.8, 4) is 11.5 Å². The Morgan fingerprint density at radius 1 is 1.32 bits per heavy atom. The van der Waals surface area contributed by atoms with Crippen LogP contribution < -0.4 is 14.9 Å². The van der Waals surface area contributed by atoms with E-state index in [9.17, 15) is 10.1 Å². The summed E-state index contributed by atoms with van der Waals surface area (Å²) in [5.41, 5.74) is 3.15. The molecule has 2 rings (SSSR count). The molecule has 1 aromatic carbocycles. The highest BCUT2D eigenvalue weighted by molar-refractivity contribution is 9.10. The van der Waals surface area contributed by atoms with Crippen molar-refractivity contribution in [2.24, 2.45) is 5.10 Å². The molecule has 0 spiro atoms. The number of nitrogens with one attached hydrogen (secondary N) is 1. The first kappa shape index (κ1) is 18.7. The molecule has 0 atom stereocenters. The number of rotatable bonds is 8. The van der Waals surface area contributed by atoms with Crippen LogP contribution in [0.5, 0.6) is 11.5 Å². The Morgan fingerprint density at radius 2 is 2.00 bits per heavy atom. The first-order valence-electron chi connectivity index (χ1n) is 7.54. The Balaban J connectivity index is 2.23. The van der Waals surface area contributed by atoms with Gasteiger partial charge >= 0.3 is 5.69 Å². The van der Waals surface area contributed by atoms with E-state index >= 15 is 0 Å². The Bertz CT molecular complexity index is 783. The van der Waals surface area contributed by atoms with E-state index in [0.717, 1.165) is 10.0 Å². The number of nitrogens with zero attached hydrogens (tertiary/aromatic N) is 3. The molecule has 25 heavy (non-hydrogen) atoms. The molecular weight excluding hydrogens is 392 g/mol. The topological polar surface area (TPSA) is 98.9 Å². The van der Waals surface area contributed by atoms with Crippen LogP contribution in [0.25, 0.3) is 0 Å². The fraction of sp³-hybridized carbons (Fsp3) is 0.250. The number of aromatic nitrogens is 1. The number of nitro groups is 1. The van der Waals surface area contributed by atoms with Crippen LogP contribution in [0.2, 0.25) is 0 Å². The highest BCUT2D eigenvalue weighted by Crippen LogP contribution is 2.33. The first-order valence-corrected chi connectivity index (χ1v) is 8.33. The number of hydrazone groups is 1. The van der Waals surface area contributed by atoms with Gasteiger partial charge < -0.3 is 9.47 Å². The largest absolute Gasteiger partial charge is 0.490 e. The lowest BCUT2D eigenvalue weighted by molar-refractivity contribution is -0.384. The predicted molar refractivity (Wildman–Crippen MR) is 98.6 cm³/mol. The highest BCUT2D eigenvalue weighted by atomic mass is 79.9. The molecule has 9 heteroatoms. The zero-order valence-corrected chi connectivity index (χ0v) is 15.3. The monoisotopic (exact) mass is 408 g/mol. The second-order valence-electron chi connectivity index (χ2n) is 4.68. The molecule has 132 valence electrons. The van der Waals surface area contributed by atoms with Gasteiger partial charge in [0.15, 0.2) is 11.5 Å². The minimum absolute atomic E-state index is 0.0656. The smallest absolute Gasteiger partial charge is 0.313 e. The van der Waals surface area contributed by atoms with Gasteiger partial charge in [-0.3, -0.25) is 15.5 Å². The number of hydrogen-bond acceptors (Lipinski definition) is 7. The molecule has 0 fully saturated rings. The molecule has 1 heterocycles. The Morgan fingerprint density at radius 3 is 2.64 bits per heavy atom. The van der Waals surface area contributed by atoms with Gasteiger partial charge in [0.2, 0.25) is 5.82 Å². The Hall–Kier alpha value is -2.68. The molecule has 0 aliphatic rings. The normalized spacial score (nSPS) is 10.7. The van der Waals surface area contributed by atoms with E-state index < -0.39 is 4.92 Å². The van der Waals surface area contributed by atoms with E-state index in [2.05, 4.69) is 31.4 Å². The first-order chi connectivity index (χ1) is 12.1. The molecule has 0 radical (unpaired) electrons. The average Bonchev–Trinajstić information content (AvgIpc) is 2.59. The highest BCUT2D eigenvalue weighted by Gasteiger charge is 2.13. The number of hydrogen-bond donors (Lipinski definition) is 1. The molecule has 0 aliphatic carbocycles. The molecule has 0 unspecified atom stereocenters. The fourth-order valence-corrected chi connectivity index (χ4v) is 2.40. The summed E-state index contributed by atoms with van der Waals surface area (Å²) in [6, 6.07) is 6.41. The SMILES string of the molecule is CCOc1cc(Br)c(/C=N\Nc2ncccc2[N+](=O)[O-])cc1OCC. The summed E-state index contributed by atoms with van der Waals surface area (Å²) < 4.78 is 11.9. The molecule has 0 bridgehead atoms. The lowest BCUT2D eigenvalue weighted by Gasteiger charge is -2.12. The lowest BCUT2D eigenvalue weighted by Crippen LogP contribution is -2.01. The summed E-state index contributed by atoms with van der Waals surface area (Å²) in [6.07, 6.45) is 2.96. The molecular formula is C16H17BrN4O4. The number of benzene rings is 1. The number of pyridine rings is 1. The standard InChI is InChI=1S/C16H17BrN4O4/c1-3-24-14-8-11(12(17)9-15(14)25-4-2)10-19-20-16-13(21(22)23)6-5-7-18-16/h5-10H,3-4H2,1-2H3,(H,18,20)/b19-10-. The van der Waals surface area contributed by atoms with Gasteiger partial charge in [-0.1, -0.05) is 0 Å². The van der Waals surface area contributed by atoms with Gasteiger partial charge in [0.05, 0.1) is 24.4 Å². The van der Waals surface area contributed by atoms with Gasteiger partial charge in [0.1, 0.15) is 0 Å². The number of halogens is 1. The van der Waals surface area contributed by atoms with E-state index in [1.807, 2.05) is 13.8 Å². The van der Waals surface area contributed by atoms with Crippen LogP contribution in [0.4, 0.5) is 11.5 Å². The van der Waals surface area contributed by atoms with Gasteiger partial charge in [-0.15, -0.1) is 0 Å². The van der Waals surface area contributed by atoms with Crippen LogP contribution in [0.1, 0.15) is 19.4 Å². The maximum atomic E-state index is 11.0. The average molecular weight is 409 g/mol. The van der Waals surface area contributed by atoms with Crippen LogP contribution in [-0.4, -0.2) is 29.3 Å². The van der Waals surface area contributed by atoms with Crippen LogP contribution in [-0.2, 0) is 0 Å². The third kappa shape index (κ3) is 4.90. The number of ether oxygens (including phenoxy) is 2. The van der Waals surface area contributed by atoms with E-state index in [4.69, 9.17) is 9.47 Å². The molecule has 0 saturated carbocycles. The molecule has 2 aromatic rings. The van der Waals surface area contributed by atoms with E-state index in [1.54, 1.807) is 12.1 Å². The van der Waals surface area contributed by atoms with Crippen molar-refractivity contribution in [2.75, 3.05) is 18.6 Å². The quantitative estimate of drug-likeness (QED) is 0.402. The maximum Gasteiger partial charge on any atom is 0.313 e. The fourth-order valence-electron chi connectivity index (χ4n) is 1.98. The molecule has 0 aliphatic heterocycles. The molecule has 8 nitrogen and oxygen atoms in total. The second-order valence-corrected chi connectivity index (χ2v) is 5.54. The van der Waals surface area contributed by atoms with Crippen LogP contribution in [0.3, 0.4) is 0 Å². The predicted octanol–water partition coefficient (Wildman–Crippen LogP) is 4.00.